The van der Waals surface area contributed by atoms with E-state index in [0.717, 1.165) is 37.7 Å². The first-order chi connectivity index (χ1) is 14.1. The van der Waals surface area contributed by atoms with E-state index >= 15 is 0 Å². The molecule has 3 aromatic carbocycles. The molecule has 0 radical (unpaired) electrons. The number of hydrogen-bond acceptors (Lipinski definition) is 4. The lowest BCUT2D eigenvalue weighted by atomic mass is 9.88. The van der Waals surface area contributed by atoms with Crippen LogP contribution in [0, 0.1) is 0 Å². The number of ketones is 1. The number of benzene rings is 3. The topological polar surface area (TPSA) is 39.2 Å². The number of carbonyl (C=O) groups is 1. The molecule has 0 spiro atoms. The van der Waals surface area contributed by atoms with E-state index in [-0.39, 0.29) is 11.7 Å². The number of ether oxygens (including phenoxy) is 1. The second kappa shape index (κ2) is 8.41. The Balaban J connectivity index is 1.66. The second-order valence-corrected chi connectivity index (χ2v) is 7.90. The van der Waals surface area contributed by atoms with Gasteiger partial charge in [-0.3, -0.25) is 4.79 Å². The quantitative estimate of drug-likeness (QED) is 0.388. The van der Waals surface area contributed by atoms with Crippen LogP contribution in [-0.4, -0.2) is 17.9 Å². The van der Waals surface area contributed by atoms with Crippen molar-refractivity contribution < 1.29 is 9.53 Å². The number of hydrogen-bond donors (Lipinski definition) is 0. The summed E-state index contributed by atoms with van der Waals surface area (Å²) in [6, 6.07) is 24.0. The first kappa shape index (κ1) is 19.1. The van der Waals surface area contributed by atoms with Crippen LogP contribution in [0.3, 0.4) is 0 Å². The number of fused-ring (bicyclic) bond motifs is 1. The van der Waals surface area contributed by atoms with Gasteiger partial charge >= 0.3 is 0 Å². The fourth-order valence-electron chi connectivity index (χ4n) is 3.40. The average molecular weight is 400 g/mol. The number of carbonyl (C=O) groups excluding carboxylic acids is 1. The van der Waals surface area contributed by atoms with Gasteiger partial charge in [0, 0.05) is 0 Å². The van der Waals surface area contributed by atoms with Crippen molar-refractivity contribution in [1.82, 2.24) is 4.98 Å². The molecule has 144 valence electrons. The molecule has 0 saturated carbocycles. The first-order valence-electron chi connectivity index (χ1n) is 9.42. The van der Waals surface area contributed by atoms with Crippen molar-refractivity contribution in [1.29, 1.82) is 0 Å². The second-order valence-electron chi connectivity index (χ2n) is 6.84. The lowest BCUT2D eigenvalue weighted by molar-refractivity contribution is -0.117. The number of aromatic nitrogens is 1. The van der Waals surface area contributed by atoms with E-state index < -0.39 is 0 Å². The minimum absolute atomic E-state index is 0.106. The van der Waals surface area contributed by atoms with Crippen LogP contribution in [0.25, 0.3) is 22.4 Å². The van der Waals surface area contributed by atoms with Crippen LogP contribution in [0.15, 0.2) is 72.8 Å². The minimum Gasteiger partial charge on any atom is -0.497 e. The summed E-state index contributed by atoms with van der Waals surface area (Å²) >= 11 is 1.65. The van der Waals surface area contributed by atoms with Gasteiger partial charge in [-0.15, -0.1) is 11.3 Å². The summed E-state index contributed by atoms with van der Waals surface area (Å²) in [5.41, 5.74) is 3.97. The molecule has 29 heavy (non-hydrogen) atoms. The highest BCUT2D eigenvalue weighted by atomic mass is 32.1. The largest absolute Gasteiger partial charge is 0.497 e. The van der Waals surface area contributed by atoms with Crippen molar-refractivity contribution in [2.75, 3.05) is 7.11 Å². The Kier molecular flexibility index (Phi) is 5.54. The third-order valence-corrected chi connectivity index (χ3v) is 5.84. The summed E-state index contributed by atoms with van der Waals surface area (Å²) in [7, 11) is 1.64. The number of Topliss-reactive ketones (excluding diaryl/α,β-unsaturated/α-hetero) is 1. The highest BCUT2D eigenvalue weighted by Gasteiger charge is 2.20. The van der Waals surface area contributed by atoms with E-state index in [1.54, 1.807) is 25.4 Å². The van der Waals surface area contributed by atoms with E-state index in [9.17, 15) is 4.79 Å². The van der Waals surface area contributed by atoms with E-state index in [0.29, 0.717) is 0 Å². The Morgan fingerprint density at radius 3 is 2.38 bits per heavy atom. The summed E-state index contributed by atoms with van der Waals surface area (Å²) in [6.45, 7) is 1.63. The van der Waals surface area contributed by atoms with Gasteiger partial charge < -0.3 is 4.74 Å². The smallest absolute Gasteiger partial charge is 0.141 e. The van der Waals surface area contributed by atoms with E-state index in [4.69, 9.17) is 9.72 Å². The molecule has 0 aliphatic heterocycles. The molecular weight excluding hydrogens is 378 g/mol. The monoisotopic (exact) mass is 399 g/mol. The fraction of sp³-hybridized carbons (Fsp3) is 0.120. The number of nitrogens with zero attached hydrogens (tertiary/aromatic N) is 1. The number of rotatable bonds is 6. The highest BCUT2D eigenvalue weighted by molar-refractivity contribution is 7.19. The lowest BCUT2D eigenvalue weighted by Crippen LogP contribution is -2.10. The standard InChI is InChI=1S/C25H21NO2S/c1-17(27)25(19-9-12-21(28-2)13-10-19)20-11-14-23-22(16-20)26-24(29-23)15-8-18-6-4-3-5-7-18/h3-16,25H,1-2H3. The molecule has 1 unspecified atom stereocenters. The molecular formula is C25H21NO2S. The van der Waals surface area contributed by atoms with Gasteiger partial charge in [0.05, 0.1) is 23.2 Å². The van der Waals surface area contributed by atoms with Crippen LogP contribution in [0.5, 0.6) is 5.75 Å². The zero-order chi connectivity index (χ0) is 20.2. The van der Waals surface area contributed by atoms with Crippen molar-refractivity contribution in [3.63, 3.8) is 0 Å². The van der Waals surface area contributed by atoms with Gasteiger partial charge in [-0.05, 0) is 54.0 Å². The SMILES string of the molecule is COc1ccc(C(C(C)=O)c2ccc3sc(C=Cc4ccccc4)nc3c2)cc1. The third kappa shape index (κ3) is 4.28. The molecule has 0 fully saturated rings. The van der Waals surface area contributed by atoms with Gasteiger partial charge in [-0.25, -0.2) is 4.98 Å². The lowest BCUT2D eigenvalue weighted by Gasteiger charge is -2.15. The Bertz CT molecular complexity index is 1160. The molecule has 1 aromatic heterocycles. The zero-order valence-corrected chi connectivity index (χ0v) is 17.1. The molecule has 4 aromatic rings. The van der Waals surface area contributed by atoms with E-state index in [1.807, 2.05) is 60.7 Å². The van der Waals surface area contributed by atoms with Crippen LogP contribution < -0.4 is 4.74 Å². The first-order valence-corrected chi connectivity index (χ1v) is 10.2. The normalized spacial score (nSPS) is 12.3. The number of thiazole rings is 1. The molecule has 4 heteroatoms. The predicted octanol–water partition coefficient (Wildman–Crippen LogP) is 6.20. The Morgan fingerprint density at radius 1 is 0.966 bits per heavy atom. The third-order valence-electron chi connectivity index (χ3n) is 4.84. The van der Waals surface area contributed by atoms with Crippen molar-refractivity contribution in [2.45, 2.75) is 12.8 Å². The van der Waals surface area contributed by atoms with Crippen molar-refractivity contribution >= 4 is 39.5 Å². The van der Waals surface area contributed by atoms with Crippen LogP contribution in [0.4, 0.5) is 0 Å². The van der Waals surface area contributed by atoms with Gasteiger partial charge in [0.1, 0.15) is 16.5 Å². The summed E-state index contributed by atoms with van der Waals surface area (Å²) in [6.07, 6.45) is 4.10. The van der Waals surface area contributed by atoms with Gasteiger partial charge in [-0.1, -0.05) is 54.6 Å². The number of methoxy groups -OCH3 is 1. The predicted molar refractivity (Wildman–Crippen MR) is 121 cm³/mol. The van der Waals surface area contributed by atoms with Gasteiger partial charge in [0.2, 0.25) is 0 Å². The van der Waals surface area contributed by atoms with Gasteiger partial charge in [-0.2, -0.15) is 0 Å². The Labute approximate surface area is 174 Å². The Morgan fingerprint density at radius 2 is 1.69 bits per heavy atom. The molecule has 4 rings (SSSR count). The summed E-state index contributed by atoms with van der Waals surface area (Å²) in [5.74, 6) is 0.574. The molecule has 1 atom stereocenters. The van der Waals surface area contributed by atoms with Gasteiger partial charge in [0.15, 0.2) is 0 Å². The maximum Gasteiger partial charge on any atom is 0.141 e. The van der Waals surface area contributed by atoms with E-state index in [2.05, 4.69) is 24.3 Å². The van der Waals surface area contributed by atoms with Crippen molar-refractivity contribution in [2.24, 2.45) is 0 Å². The molecule has 0 N–H and O–H groups in total. The van der Waals surface area contributed by atoms with Crippen LogP contribution >= 0.6 is 11.3 Å². The molecule has 0 saturated heterocycles. The average Bonchev–Trinajstić information content (AvgIpc) is 3.16. The molecule has 0 aliphatic rings. The molecule has 0 amide bonds. The van der Waals surface area contributed by atoms with E-state index in [1.165, 1.54) is 0 Å². The van der Waals surface area contributed by atoms with Crippen LogP contribution in [0.2, 0.25) is 0 Å². The Hall–Kier alpha value is -3.24. The summed E-state index contributed by atoms with van der Waals surface area (Å²) in [5, 5.41) is 0.949. The maximum absolute atomic E-state index is 12.4. The molecule has 0 bridgehead atoms. The minimum atomic E-state index is -0.310. The van der Waals surface area contributed by atoms with Crippen LogP contribution in [-0.2, 0) is 4.79 Å². The fourth-order valence-corrected chi connectivity index (χ4v) is 4.25. The van der Waals surface area contributed by atoms with Crippen molar-refractivity contribution in [3.05, 3.63) is 94.5 Å². The maximum atomic E-state index is 12.4. The summed E-state index contributed by atoms with van der Waals surface area (Å²) in [4.78, 5) is 17.2. The zero-order valence-electron chi connectivity index (χ0n) is 16.3. The van der Waals surface area contributed by atoms with Crippen LogP contribution in [0.1, 0.15) is 34.5 Å². The highest BCUT2D eigenvalue weighted by Crippen LogP contribution is 2.31. The molecule has 0 aliphatic carbocycles. The molecule has 3 nitrogen and oxygen atoms in total. The summed E-state index contributed by atoms with van der Waals surface area (Å²) < 4.78 is 6.34. The van der Waals surface area contributed by atoms with Gasteiger partial charge in [0.25, 0.3) is 0 Å². The molecule has 1 heterocycles. The van der Waals surface area contributed by atoms with Crippen molar-refractivity contribution in [3.8, 4) is 5.75 Å².